The summed E-state index contributed by atoms with van der Waals surface area (Å²) in [4.78, 5) is 23.0. The van der Waals surface area contributed by atoms with Crippen LogP contribution in [0.2, 0.25) is 0 Å². The van der Waals surface area contributed by atoms with Gasteiger partial charge in [0, 0.05) is 18.0 Å². The second kappa shape index (κ2) is 5.20. The number of benzene rings is 1. The minimum absolute atomic E-state index is 0.0312. The standard InChI is InChI=1S/C15H16N2O4/c1-2-21-15(18)13-8-11-4-3-5-12(17(19)20)14(11)16(13)9-10-6-7-10/h3-5,8,10H,2,6-7,9H2,1H3. The van der Waals surface area contributed by atoms with Gasteiger partial charge in [-0.1, -0.05) is 12.1 Å². The van der Waals surface area contributed by atoms with Gasteiger partial charge in [-0.2, -0.15) is 0 Å². The van der Waals surface area contributed by atoms with Crippen LogP contribution in [0.4, 0.5) is 5.69 Å². The van der Waals surface area contributed by atoms with Gasteiger partial charge >= 0.3 is 5.97 Å². The van der Waals surface area contributed by atoms with E-state index in [0.29, 0.717) is 29.1 Å². The number of carbonyl (C=O) groups is 1. The first-order valence-electron chi connectivity index (χ1n) is 7.05. The van der Waals surface area contributed by atoms with Gasteiger partial charge in [-0.25, -0.2) is 4.79 Å². The number of para-hydroxylation sites is 1. The van der Waals surface area contributed by atoms with Gasteiger partial charge in [0.05, 0.1) is 11.5 Å². The molecule has 0 amide bonds. The summed E-state index contributed by atoms with van der Waals surface area (Å²) in [6.07, 6.45) is 2.20. The molecule has 1 aliphatic rings. The van der Waals surface area contributed by atoms with E-state index in [0.717, 1.165) is 12.8 Å². The fraction of sp³-hybridized carbons (Fsp3) is 0.400. The lowest BCUT2D eigenvalue weighted by Crippen LogP contribution is -2.13. The van der Waals surface area contributed by atoms with Crippen molar-refractivity contribution in [3.8, 4) is 0 Å². The lowest BCUT2D eigenvalue weighted by atomic mass is 10.2. The zero-order chi connectivity index (χ0) is 15.0. The predicted octanol–water partition coefficient (Wildman–Crippen LogP) is 3.14. The van der Waals surface area contributed by atoms with Crippen molar-refractivity contribution >= 4 is 22.6 Å². The molecule has 6 heteroatoms. The molecule has 1 aliphatic carbocycles. The van der Waals surface area contributed by atoms with Gasteiger partial charge in [0.2, 0.25) is 0 Å². The third-order valence-corrected chi connectivity index (χ3v) is 3.72. The molecule has 6 nitrogen and oxygen atoms in total. The van der Waals surface area contributed by atoms with Crippen molar-refractivity contribution in [3.05, 3.63) is 40.1 Å². The molecule has 0 spiro atoms. The Balaban J connectivity index is 2.19. The van der Waals surface area contributed by atoms with E-state index in [1.54, 1.807) is 29.7 Å². The minimum atomic E-state index is -0.427. The van der Waals surface area contributed by atoms with E-state index in [4.69, 9.17) is 4.74 Å². The highest BCUT2D eigenvalue weighted by Gasteiger charge is 2.28. The van der Waals surface area contributed by atoms with Crippen LogP contribution >= 0.6 is 0 Å². The van der Waals surface area contributed by atoms with E-state index in [9.17, 15) is 14.9 Å². The first kappa shape index (κ1) is 13.6. The largest absolute Gasteiger partial charge is 0.461 e. The van der Waals surface area contributed by atoms with Crippen molar-refractivity contribution in [3.63, 3.8) is 0 Å². The van der Waals surface area contributed by atoms with Crippen LogP contribution < -0.4 is 0 Å². The van der Waals surface area contributed by atoms with Crippen molar-refractivity contribution in [1.29, 1.82) is 0 Å². The number of ether oxygens (including phenoxy) is 1. The summed E-state index contributed by atoms with van der Waals surface area (Å²) in [5.41, 5.74) is 0.939. The number of fused-ring (bicyclic) bond motifs is 1. The molecule has 1 saturated carbocycles. The Morgan fingerprint density at radius 3 is 2.86 bits per heavy atom. The van der Waals surface area contributed by atoms with Gasteiger partial charge in [0.25, 0.3) is 5.69 Å². The van der Waals surface area contributed by atoms with Gasteiger partial charge in [-0.3, -0.25) is 10.1 Å². The third-order valence-electron chi connectivity index (χ3n) is 3.72. The lowest BCUT2D eigenvalue weighted by molar-refractivity contribution is -0.383. The van der Waals surface area contributed by atoms with Gasteiger partial charge in [0.1, 0.15) is 11.2 Å². The van der Waals surface area contributed by atoms with Crippen molar-refractivity contribution < 1.29 is 14.5 Å². The molecule has 2 aromatic rings. The molecule has 0 saturated heterocycles. The Morgan fingerprint density at radius 2 is 2.24 bits per heavy atom. The smallest absolute Gasteiger partial charge is 0.354 e. The highest BCUT2D eigenvalue weighted by atomic mass is 16.6. The fourth-order valence-electron chi connectivity index (χ4n) is 2.57. The van der Waals surface area contributed by atoms with Gasteiger partial charge in [0.15, 0.2) is 0 Å². The summed E-state index contributed by atoms with van der Waals surface area (Å²) in [5, 5.41) is 12.0. The second-order valence-electron chi connectivity index (χ2n) is 5.28. The van der Waals surface area contributed by atoms with Crippen molar-refractivity contribution in [2.75, 3.05) is 6.61 Å². The summed E-state index contributed by atoms with van der Waals surface area (Å²) >= 11 is 0. The van der Waals surface area contributed by atoms with E-state index >= 15 is 0 Å². The van der Waals surface area contributed by atoms with Crippen LogP contribution in [0.15, 0.2) is 24.3 Å². The number of aromatic nitrogens is 1. The lowest BCUT2D eigenvalue weighted by Gasteiger charge is -2.09. The van der Waals surface area contributed by atoms with Crippen LogP contribution in [0.1, 0.15) is 30.3 Å². The molecule has 1 heterocycles. The Bertz CT molecular complexity index is 716. The first-order chi connectivity index (χ1) is 10.1. The quantitative estimate of drug-likeness (QED) is 0.481. The Labute approximate surface area is 121 Å². The maximum absolute atomic E-state index is 12.1. The monoisotopic (exact) mass is 288 g/mol. The summed E-state index contributed by atoms with van der Waals surface area (Å²) in [5.74, 6) is 0.0669. The molecule has 1 fully saturated rings. The molecule has 3 rings (SSSR count). The Hall–Kier alpha value is -2.37. The molecule has 110 valence electrons. The van der Waals surface area contributed by atoms with Crippen LogP contribution in [0, 0.1) is 16.0 Å². The highest BCUT2D eigenvalue weighted by Crippen LogP contribution is 2.35. The fourth-order valence-corrected chi connectivity index (χ4v) is 2.57. The molecule has 0 N–H and O–H groups in total. The maximum atomic E-state index is 12.1. The molecular weight excluding hydrogens is 272 g/mol. The molecular formula is C15H16N2O4. The summed E-state index contributed by atoms with van der Waals surface area (Å²) < 4.78 is 6.82. The zero-order valence-corrected chi connectivity index (χ0v) is 11.7. The second-order valence-corrected chi connectivity index (χ2v) is 5.28. The van der Waals surface area contributed by atoms with Gasteiger partial charge in [-0.05, 0) is 31.7 Å². The van der Waals surface area contributed by atoms with E-state index in [-0.39, 0.29) is 12.3 Å². The van der Waals surface area contributed by atoms with Crippen molar-refractivity contribution in [1.82, 2.24) is 4.57 Å². The Morgan fingerprint density at radius 1 is 1.48 bits per heavy atom. The Kier molecular flexibility index (Phi) is 3.37. The molecule has 0 bridgehead atoms. The summed E-state index contributed by atoms with van der Waals surface area (Å²) in [6, 6.07) is 6.58. The molecule has 0 unspecified atom stereocenters. The minimum Gasteiger partial charge on any atom is -0.461 e. The number of non-ortho nitro benzene ring substituents is 1. The van der Waals surface area contributed by atoms with Gasteiger partial charge in [-0.15, -0.1) is 0 Å². The predicted molar refractivity (Wildman–Crippen MR) is 77.3 cm³/mol. The van der Waals surface area contributed by atoms with Gasteiger partial charge < -0.3 is 9.30 Å². The number of carbonyl (C=O) groups excluding carboxylic acids is 1. The number of hydrogen-bond donors (Lipinski definition) is 0. The molecule has 0 radical (unpaired) electrons. The van der Waals surface area contributed by atoms with Crippen LogP contribution in [0.5, 0.6) is 0 Å². The van der Waals surface area contributed by atoms with E-state index in [2.05, 4.69) is 0 Å². The van der Waals surface area contributed by atoms with E-state index in [1.165, 1.54) is 6.07 Å². The average Bonchev–Trinajstić information content (AvgIpc) is 3.19. The number of nitro groups is 1. The highest BCUT2D eigenvalue weighted by molar-refractivity contribution is 5.98. The van der Waals surface area contributed by atoms with Crippen LogP contribution in [-0.2, 0) is 11.3 Å². The SMILES string of the molecule is CCOC(=O)c1cc2cccc([N+](=O)[O-])c2n1CC1CC1. The first-order valence-corrected chi connectivity index (χ1v) is 7.05. The average molecular weight is 288 g/mol. The molecule has 21 heavy (non-hydrogen) atoms. The number of hydrogen-bond acceptors (Lipinski definition) is 4. The molecule has 1 aromatic heterocycles. The molecule has 1 aromatic carbocycles. The maximum Gasteiger partial charge on any atom is 0.354 e. The normalized spacial score (nSPS) is 14.3. The number of nitrogens with zero attached hydrogens (tertiary/aromatic N) is 2. The van der Waals surface area contributed by atoms with Crippen LogP contribution in [-0.4, -0.2) is 22.1 Å². The molecule has 0 atom stereocenters. The van der Waals surface area contributed by atoms with Crippen LogP contribution in [0.3, 0.4) is 0 Å². The van der Waals surface area contributed by atoms with Crippen LogP contribution in [0.25, 0.3) is 10.9 Å². The number of rotatable bonds is 5. The van der Waals surface area contributed by atoms with Crippen molar-refractivity contribution in [2.24, 2.45) is 5.92 Å². The molecule has 0 aliphatic heterocycles. The number of nitro benzene ring substituents is 1. The van der Waals surface area contributed by atoms with Crippen molar-refractivity contribution in [2.45, 2.75) is 26.3 Å². The van der Waals surface area contributed by atoms with E-state index in [1.807, 2.05) is 0 Å². The number of esters is 1. The summed E-state index contributed by atoms with van der Waals surface area (Å²) in [6.45, 7) is 2.66. The third kappa shape index (κ3) is 2.49. The summed E-state index contributed by atoms with van der Waals surface area (Å²) in [7, 11) is 0. The topological polar surface area (TPSA) is 74.4 Å². The zero-order valence-electron chi connectivity index (χ0n) is 11.7. The van der Waals surface area contributed by atoms with E-state index < -0.39 is 10.9 Å².